The number of rotatable bonds is 3. The Labute approximate surface area is 125 Å². The fourth-order valence-electron chi connectivity index (χ4n) is 2.16. The van der Waals surface area contributed by atoms with E-state index >= 15 is 0 Å². The first-order chi connectivity index (χ1) is 10.5. The first kappa shape index (κ1) is 13.8. The minimum atomic E-state index is -0.539. The maximum absolute atomic E-state index is 12.1. The summed E-state index contributed by atoms with van der Waals surface area (Å²) in [5.74, 6) is -0.284. The highest BCUT2D eigenvalue weighted by Crippen LogP contribution is 2.20. The molecule has 0 aliphatic carbocycles. The molecule has 0 atom stereocenters. The number of nitro groups is 1. The number of nitrogens with one attached hydrogen (secondary N) is 1. The van der Waals surface area contributed by atoms with Gasteiger partial charge in [0.2, 0.25) is 0 Å². The average Bonchev–Trinajstić information content (AvgIpc) is 2.91. The van der Waals surface area contributed by atoms with E-state index in [2.05, 4.69) is 4.98 Å². The molecular weight excluding hydrogens is 284 g/mol. The van der Waals surface area contributed by atoms with Crippen LogP contribution in [-0.4, -0.2) is 15.9 Å². The van der Waals surface area contributed by atoms with Crippen molar-refractivity contribution in [3.63, 3.8) is 0 Å². The van der Waals surface area contributed by atoms with Crippen molar-refractivity contribution >= 4 is 22.6 Å². The minimum absolute atomic E-state index is 0.0547. The molecule has 0 spiro atoms. The zero-order chi connectivity index (χ0) is 15.7. The number of aryl methyl sites for hydroxylation is 1. The third-order valence-corrected chi connectivity index (χ3v) is 3.25. The average molecular weight is 296 g/mol. The molecule has 0 unspecified atom stereocenters. The summed E-state index contributed by atoms with van der Waals surface area (Å²) in [5, 5.41) is 11.5. The summed E-state index contributed by atoms with van der Waals surface area (Å²) in [7, 11) is 0. The van der Waals surface area contributed by atoms with Gasteiger partial charge in [-0.25, -0.2) is 4.79 Å². The molecule has 22 heavy (non-hydrogen) atoms. The SMILES string of the molecule is Cc1ccc2[nH]c(C(=O)Oc3ccc([N+](=O)[O-])cc3)cc2c1. The molecule has 2 aromatic carbocycles. The van der Waals surface area contributed by atoms with Crippen LogP contribution in [0.1, 0.15) is 16.1 Å². The molecule has 0 aliphatic heterocycles. The van der Waals surface area contributed by atoms with Crippen LogP contribution in [0.15, 0.2) is 48.5 Å². The van der Waals surface area contributed by atoms with Crippen molar-refractivity contribution < 1.29 is 14.5 Å². The van der Waals surface area contributed by atoms with Crippen LogP contribution in [0, 0.1) is 17.0 Å². The van der Waals surface area contributed by atoms with Crippen LogP contribution in [0.25, 0.3) is 10.9 Å². The van der Waals surface area contributed by atoms with E-state index in [0.29, 0.717) is 5.69 Å². The third-order valence-electron chi connectivity index (χ3n) is 3.25. The van der Waals surface area contributed by atoms with Crippen molar-refractivity contribution in [2.75, 3.05) is 0 Å². The number of benzene rings is 2. The van der Waals surface area contributed by atoms with Gasteiger partial charge in [-0.15, -0.1) is 0 Å². The molecule has 1 heterocycles. The van der Waals surface area contributed by atoms with E-state index in [9.17, 15) is 14.9 Å². The van der Waals surface area contributed by atoms with Gasteiger partial charge in [0, 0.05) is 23.0 Å². The normalized spacial score (nSPS) is 10.6. The van der Waals surface area contributed by atoms with Crippen LogP contribution in [-0.2, 0) is 0 Å². The smallest absolute Gasteiger partial charge is 0.360 e. The fourth-order valence-corrected chi connectivity index (χ4v) is 2.16. The molecule has 6 heteroatoms. The van der Waals surface area contributed by atoms with Gasteiger partial charge in [0.1, 0.15) is 11.4 Å². The van der Waals surface area contributed by atoms with E-state index in [1.807, 2.05) is 25.1 Å². The molecule has 0 saturated carbocycles. The summed E-state index contributed by atoms with van der Waals surface area (Å²) in [6.45, 7) is 1.97. The van der Waals surface area contributed by atoms with Crippen LogP contribution in [0.5, 0.6) is 5.75 Å². The maximum Gasteiger partial charge on any atom is 0.360 e. The molecule has 3 rings (SSSR count). The number of carbonyl (C=O) groups is 1. The van der Waals surface area contributed by atoms with Crippen molar-refractivity contribution in [1.29, 1.82) is 0 Å². The molecule has 1 N–H and O–H groups in total. The number of nitrogens with zero attached hydrogens (tertiary/aromatic N) is 1. The van der Waals surface area contributed by atoms with Crippen LogP contribution in [0.4, 0.5) is 5.69 Å². The summed E-state index contributed by atoms with van der Waals surface area (Å²) in [5.41, 5.74) is 2.22. The Morgan fingerprint density at radius 2 is 1.86 bits per heavy atom. The van der Waals surface area contributed by atoms with E-state index in [4.69, 9.17) is 4.74 Å². The third kappa shape index (κ3) is 2.67. The van der Waals surface area contributed by atoms with Gasteiger partial charge in [0.15, 0.2) is 0 Å². The largest absolute Gasteiger partial charge is 0.422 e. The summed E-state index contributed by atoms with van der Waals surface area (Å²) in [6.07, 6.45) is 0. The maximum atomic E-state index is 12.1. The number of hydrogen-bond acceptors (Lipinski definition) is 4. The van der Waals surface area contributed by atoms with Crippen LogP contribution in [0.2, 0.25) is 0 Å². The first-order valence-electron chi connectivity index (χ1n) is 6.59. The Kier molecular flexibility index (Phi) is 3.34. The quantitative estimate of drug-likeness (QED) is 0.346. The van der Waals surface area contributed by atoms with E-state index < -0.39 is 10.9 Å². The second-order valence-corrected chi connectivity index (χ2v) is 4.91. The number of carbonyl (C=O) groups excluding carboxylic acids is 1. The van der Waals surface area contributed by atoms with Crippen molar-refractivity contribution in [3.05, 3.63) is 69.9 Å². The number of aromatic amines is 1. The molecule has 0 saturated heterocycles. The zero-order valence-corrected chi connectivity index (χ0v) is 11.7. The lowest BCUT2D eigenvalue weighted by atomic mass is 10.2. The summed E-state index contributed by atoms with van der Waals surface area (Å²) < 4.78 is 5.20. The Bertz CT molecular complexity index is 865. The molecule has 0 bridgehead atoms. The van der Waals surface area contributed by atoms with Gasteiger partial charge in [-0.1, -0.05) is 11.6 Å². The van der Waals surface area contributed by atoms with E-state index in [1.165, 1.54) is 24.3 Å². The Morgan fingerprint density at radius 3 is 2.55 bits per heavy atom. The van der Waals surface area contributed by atoms with Gasteiger partial charge in [-0.2, -0.15) is 0 Å². The van der Waals surface area contributed by atoms with Crippen molar-refractivity contribution in [2.45, 2.75) is 6.92 Å². The van der Waals surface area contributed by atoms with Crippen LogP contribution in [0.3, 0.4) is 0 Å². The number of aromatic nitrogens is 1. The molecule has 6 nitrogen and oxygen atoms in total. The van der Waals surface area contributed by atoms with E-state index in [1.54, 1.807) is 6.07 Å². The van der Waals surface area contributed by atoms with Crippen LogP contribution >= 0.6 is 0 Å². The second kappa shape index (κ2) is 5.33. The first-order valence-corrected chi connectivity index (χ1v) is 6.59. The predicted molar refractivity (Wildman–Crippen MR) is 81.1 cm³/mol. The van der Waals surface area contributed by atoms with Gasteiger partial charge >= 0.3 is 5.97 Å². The molecule has 1 aromatic heterocycles. The van der Waals surface area contributed by atoms with Crippen molar-refractivity contribution in [2.24, 2.45) is 0 Å². The number of hydrogen-bond donors (Lipinski definition) is 1. The van der Waals surface area contributed by atoms with Crippen molar-refractivity contribution in [1.82, 2.24) is 4.98 Å². The van der Waals surface area contributed by atoms with Gasteiger partial charge in [-0.05, 0) is 37.3 Å². The van der Waals surface area contributed by atoms with Gasteiger partial charge in [0.05, 0.1) is 4.92 Å². The van der Waals surface area contributed by atoms with Gasteiger partial charge in [0.25, 0.3) is 5.69 Å². The number of non-ortho nitro benzene ring substituents is 1. The van der Waals surface area contributed by atoms with E-state index in [0.717, 1.165) is 16.5 Å². The molecule has 0 amide bonds. The fraction of sp³-hybridized carbons (Fsp3) is 0.0625. The lowest BCUT2D eigenvalue weighted by Gasteiger charge is -2.02. The van der Waals surface area contributed by atoms with Crippen molar-refractivity contribution in [3.8, 4) is 5.75 Å². The lowest BCUT2D eigenvalue weighted by Crippen LogP contribution is -2.08. The number of H-pyrrole nitrogens is 1. The highest BCUT2D eigenvalue weighted by Gasteiger charge is 2.13. The molecule has 110 valence electrons. The number of esters is 1. The molecule has 0 fully saturated rings. The molecular formula is C16H12N2O4. The standard InChI is InChI=1S/C16H12N2O4/c1-10-2-7-14-11(8-10)9-15(17-14)16(19)22-13-5-3-12(4-6-13)18(20)21/h2-9,17H,1H3. The monoisotopic (exact) mass is 296 g/mol. The number of ether oxygens (including phenoxy) is 1. The Morgan fingerprint density at radius 1 is 1.14 bits per heavy atom. The van der Waals surface area contributed by atoms with Crippen LogP contribution < -0.4 is 4.74 Å². The summed E-state index contributed by atoms with van der Waals surface area (Å²) >= 11 is 0. The Balaban J connectivity index is 1.81. The molecule has 0 radical (unpaired) electrons. The van der Waals surface area contributed by atoms with E-state index in [-0.39, 0.29) is 11.4 Å². The zero-order valence-electron chi connectivity index (χ0n) is 11.7. The number of nitro benzene ring substituents is 1. The number of fused-ring (bicyclic) bond motifs is 1. The summed E-state index contributed by atoms with van der Waals surface area (Å²) in [4.78, 5) is 25.2. The molecule has 3 aromatic rings. The highest BCUT2D eigenvalue weighted by molar-refractivity contribution is 5.96. The lowest BCUT2D eigenvalue weighted by molar-refractivity contribution is -0.384. The highest BCUT2D eigenvalue weighted by atomic mass is 16.6. The topological polar surface area (TPSA) is 85.2 Å². The van der Waals surface area contributed by atoms with Gasteiger partial charge < -0.3 is 9.72 Å². The Hall–Kier alpha value is -3.15. The minimum Gasteiger partial charge on any atom is -0.422 e. The van der Waals surface area contributed by atoms with Gasteiger partial charge in [-0.3, -0.25) is 10.1 Å². The summed E-state index contributed by atoms with van der Waals surface area (Å²) in [6, 6.07) is 12.9. The predicted octanol–water partition coefficient (Wildman–Crippen LogP) is 3.60. The second-order valence-electron chi connectivity index (χ2n) is 4.91. The molecule has 0 aliphatic rings.